The van der Waals surface area contributed by atoms with Crippen molar-refractivity contribution in [1.82, 2.24) is 5.32 Å². The largest absolute Gasteiger partial charge is 0.450 e. The molecule has 1 rings (SSSR count). The standard InChI is InChI=1S/C19H28NO3/c1-2-3-4-10-15-23-19(22)20-18(16-21)14-9-8-13-17-11-6-5-7-12-17/h5-7,11-12,18H,2-4,8-10,13-15H2,1H3,(H,20,22). The van der Waals surface area contributed by atoms with Crippen molar-refractivity contribution in [3.63, 3.8) is 0 Å². The van der Waals surface area contributed by atoms with Gasteiger partial charge in [0, 0.05) is 0 Å². The number of benzene rings is 1. The first-order chi connectivity index (χ1) is 11.3. The Balaban J connectivity index is 2.11. The van der Waals surface area contributed by atoms with Gasteiger partial charge in [-0.1, -0.05) is 62.9 Å². The topological polar surface area (TPSA) is 55.4 Å². The maximum atomic E-state index is 11.6. The summed E-state index contributed by atoms with van der Waals surface area (Å²) in [5.41, 5.74) is 1.29. The molecule has 4 heteroatoms. The molecule has 1 atom stereocenters. The Hall–Kier alpha value is -1.84. The molecular weight excluding hydrogens is 290 g/mol. The van der Waals surface area contributed by atoms with Crippen LogP contribution in [0.25, 0.3) is 0 Å². The Morgan fingerprint density at radius 2 is 1.91 bits per heavy atom. The lowest BCUT2D eigenvalue weighted by Gasteiger charge is -2.12. The van der Waals surface area contributed by atoms with Crippen LogP contribution in [0.3, 0.4) is 0 Å². The number of ether oxygens (including phenoxy) is 1. The molecule has 0 aliphatic rings. The van der Waals surface area contributed by atoms with Gasteiger partial charge in [0.2, 0.25) is 6.29 Å². The lowest BCUT2D eigenvalue weighted by molar-refractivity contribution is 0.141. The quantitative estimate of drug-likeness (QED) is 0.588. The second kappa shape index (κ2) is 12.7. The van der Waals surface area contributed by atoms with Gasteiger partial charge in [-0.05, 0) is 31.2 Å². The van der Waals surface area contributed by atoms with Gasteiger partial charge in [0.05, 0.1) is 12.6 Å². The van der Waals surface area contributed by atoms with Crippen LogP contribution in [0.2, 0.25) is 0 Å². The molecule has 1 aromatic carbocycles. The fourth-order valence-electron chi connectivity index (χ4n) is 2.36. The Morgan fingerprint density at radius 1 is 1.13 bits per heavy atom. The molecule has 127 valence electrons. The average Bonchev–Trinajstić information content (AvgIpc) is 2.58. The summed E-state index contributed by atoms with van der Waals surface area (Å²) in [5, 5.41) is 2.57. The second-order valence-corrected chi connectivity index (χ2v) is 5.74. The van der Waals surface area contributed by atoms with Crippen molar-refractivity contribution < 1.29 is 14.3 Å². The van der Waals surface area contributed by atoms with E-state index in [0.29, 0.717) is 13.0 Å². The molecule has 0 bridgehead atoms. The summed E-state index contributed by atoms with van der Waals surface area (Å²) in [6.45, 7) is 2.54. The fraction of sp³-hybridized carbons (Fsp3) is 0.579. The summed E-state index contributed by atoms with van der Waals surface area (Å²) in [4.78, 5) is 22.5. The molecule has 1 N–H and O–H groups in total. The minimum Gasteiger partial charge on any atom is -0.450 e. The molecule has 0 aromatic heterocycles. The van der Waals surface area contributed by atoms with E-state index in [9.17, 15) is 9.59 Å². The minimum atomic E-state index is -0.575. The molecule has 0 saturated carbocycles. The number of aryl methyl sites for hydroxylation is 1. The molecule has 0 fully saturated rings. The zero-order chi connectivity index (χ0) is 16.8. The second-order valence-electron chi connectivity index (χ2n) is 5.74. The van der Waals surface area contributed by atoms with Gasteiger partial charge < -0.3 is 10.1 Å². The predicted octanol–water partition coefficient (Wildman–Crippen LogP) is 4.18. The summed E-state index contributed by atoms with van der Waals surface area (Å²) in [5.74, 6) is 0. The van der Waals surface area contributed by atoms with Crippen LogP contribution in [-0.2, 0) is 16.0 Å². The Bertz CT molecular complexity index is 434. The van der Waals surface area contributed by atoms with Crippen molar-refractivity contribution in [2.24, 2.45) is 0 Å². The van der Waals surface area contributed by atoms with Crippen LogP contribution in [0.5, 0.6) is 0 Å². The van der Waals surface area contributed by atoms with E-state index in [0.717, 1.165) is 44.9 Å². The molecule has 0 aliphatic carbocycles. The first kappa shape index (κ1) is 19.2. The molecule has 1 aromatic rings. The number of rotatable bonds is 12. The molecular formula is C19H28NO3. The van der Waals surface area contributed by atoms with Gasteiger partial charge in [0.25, 0.3) is 0 Å². The van der Waals surface area contributed by atoms with Crippen molar-refractivity contribution in [1.29, 1.82) is 0 Å². The third-order valence-corrected chi connectivity index (χ3v) is 3.72. The van der Waals surface area contributed by atoms with Crippen molar-refractivity contribution >= 4 is 12.4 Å². The van der Waals surface area contributed by atoms with Gasteiger partial charge in [-0.25, -0.2) is 4.79 Å². The lowest BCUT2D eigenvalue weighted by Crippen LogP contribution is -2.36. The van der Waals surface area contributed by atoms with Crippen LogP contribution in [-0.4, -0.2) is 25.0 Å². The van der Waals surface area contributed by atoms with Gasteiger partial charge in [-0.2, -0.15) is 0 Å². The smallest absolute Gasteiger partial charge is 0.407 e. The average molecular weight is 318 g/mol. The normalized spacial score (nSPS) is 11.7. The maximum absolute atomic E-state index is 11.6. The Labute approximate surface area is 139 Å². The van der Waals surface area contributed by atoms with Gasteiger partial charge >= 0.3 is 6.09 Å². The number of carbonyl (C=O) groups is 1. The zero-order valence-electron chi connectivity index (χ0n) is 14.1. The first-order valence-electron chi connectivity index (χ1n) is 8.61. The van der Waals surface area contributed by atoms with Crippen molar-refractivity contribution in [2.45, 2.75) is 64.3 Å². The van der Waals surface area contributed by atoms with Crippen LogP contribution >= 0.6 is 0 Å². The Morgan fingerprint density at radius 3 is 2.61 bits per heavy atom. The van der Waals surface area contributed by atoms with E-state index >= 15 is 0 Å². The lowest BCUT2D eigenvalue weighted by atomic mass is 10.0. The number of unbranched alkanes of at least 4 members (excludes halogenated alkanes) is 4. The molecule has 0 heterocycles. The summed E-state index contributed by atoms with van der Waals surface area (Å²) in [6, 6.07) is 9.66. The number of alkyl carbamates (subject to hydrolysis) is 1. The van der Waals surface area contributed by atoms with Crippen LogP contribution in [0.1, 0.15) is 57.4 Å². The fourth-order valence-corrected chi connectivity index (χ4v) is 2.36. The molecule has 1 amide bonds. The van der Waals surface area contributed by atoms with E-state index in [1.54, 1.807) is 0 Å². The van der Waals surface area contributed by atoms with Crippen LogP contribution in [0.15, 0.2) is 30.3 Å². The van der Waals surface area contributed by atoms with E-state index in [1.807, 2.05) is 24.5 Å². The molecule has 0 saturated heterocycles. The third-order valence-electron chi connectivity index (χ3n) is 3.72. The summed E-state index contributed by atoms with van der Waals surface area (Å²) >= 11 is 0. The zero-order valence-corrected chi connectivity index (χ0v) is 14.1. The number of hydrogen-bond acceptors (Lipinski definition) is 3. The third kappa shape index (κ3) is 9.72. The predicted molar refractivity (Wildman–Crippen MR) is 92.1 cm³/mol. The highest BCUT2D eigenvalue weighted by molar-refractivity contribution is 5.73. The van der Waals surface area contributed by atoms with Gasteiger partial charge in [-0.15, -0.1) is 0 Å². The molecule has 4 nitrogen and oxygen atoms in total. The van der Waals surface area contributed by atoms with E-state index in [1.165, 1.54) is 5.56 Å². The van der Waals surface area contributed by atoms with E-state index in [2.05, 4.69) is 24.4 Å². The van der Waals surface area contributed by atoms with Crippen LogP contribution in [0.4, 0.5) is 4.79 Å². The van der Waals surface area contributed by atoms with Crippen molar-refractivity contribution in [3.05, 3.63) is 35.9 Å². The molecule has 0 aliphatic heterocycles. The van der Waals surface area contributed by atoms with Gasteiger partial charge in [-0.3, -0.25) is 4.79 Å². The van der Waals surface area contributed by atoms with Crippen LogP contribution in [0, 0.1) is 0 Å². The highest BCUT2D eigenvalue weighted by Crippen LogP contribution is 2.07. The van der Waals surface area contributed by atoms with E-state index < -0.39 is 12.1 Å². The summed E-state index contributed by atoms with van der Waals surface area (Å²) in [7, 11) is 0. The SMILES string of the molecule is CCCCCCOC(=O)NC([C]=O)CCCCc1ccccc1. The molecule has 1 unspecified atom stereocenters. The molecule has 23 heavy (non-hydrogen) atoms. The minimum absolute atomic E-state index is 0.408. The monoisotopic (exact) mass is 318 g/mol. The van der Waals surface area contributed by atoms with Crippen LogP contribution < -0.4 is 5.32 Å². The number of hydrogen-bond donors (Lipinski definition) is 1. The maximum Gasteiger partial charge on any atom is 0.407 e. The molecule has 0 spiro atoms. The number of carbonyl (C=O) groups excluding carboxylic acids is 2. The number of amides is 1. The van der Waals surface area contributed by atoms with Crippen molar-refractivity contribution in [2.75, 3.05) is 6.61 Å². The van der Waals surface area contributed by atoms with Gasteiger partial charge in [0.1, 0.15) is 0 Å². The van der Waals surface area contributed by atoms with Crippen molar-refractivity contribution in [3.8, 4) is 0 Å². The highest BCUT2D eigenvalue weighted by atomic mass is 16.5. The molecule has 1 radical (unpaired) electrons. The van der Waals surface area contributed by atoms with E-state index in [-0.39, 0.29) is 0 Å². The summed E-state index contributed by atoms with van der Waals surface area (Å²) in [6.07, 6.45) is 9.02. The van der Waals surface area contributed by atoms with Gasteiger partial charge in [0.15, 0.2) is 0 Å². The highest BCUT2D eigenvalue weighted by Gasteiger charge is 2.12. The van der Waals surface area contributed by atoms with E-state index in [4.69, 9.17) is 4.74 Å². The Kier molecular flexibility index (Phi) is 10.6. The number of nitrogens with one attached hydrogen (secondary N) is 1. The summed E-state index contributed by atoms with van der Waals surface area (Å²) < 4.78 is 5.07. The first-order valence-corrected chi connectivity index (χ1v) is 8.61.